The van der Waals surface area contributed by atoms with Crippen molar-refractivity contribution < 1.29 is 9.18 Å². The summed E-state index contributed by atoms with van der Waals surface area (Å²) in [4.78, 5) is 21.6. The van der Waals surface area contributed by atoms with Crippen LogP contribution in [0.2, 0.25) is 15.2 Å². The number of benzene rings is 2. The number of fused-ring (bicyclic) bond motifs is 2. The van der Waals surface area contributed by atoms with Crippen LogP contribution in [0.1, 0.15) is 34.3 Å². The van der Waals surface area contributed by atoms with Gasteiger partial charge in [-0.25, -0.2) is 9.37 Å². The lowest BCUT2D eigenvalue weighted by atomic mass is 9.74. The van der Waals surface area contributed by atoms with Crippen molar-refractivity contribution in [2.75, 3.05) is 31.1 Å². The van der Waals surface area contributed by atoms with Crippen molar-refractivity contribution in [2.24, 2.45) is 0 Å². The lowest BCUT2D eigenvalue weighted by molar-refractivity contribution is 0.0977. The van der Waals surface area contributed by atoms with Crippen molar-refractivity contribution in [3.63, 3.8) is 0 Å². The lowest BCUT2D eigenvalue weighted by Gasteiger charge is -2.39. The fraction of sp³-hybridized carbons (Fsp3) is 0.259. The van der Waals surface area contributed by atoms with Crippen molar-refractivity contribution in [3.8, 4) is 0 Å². The van der Waals surface area contributed by atoms with Gasteiger partial charge in [0, 0.05) is 46.0 Å². The zero-order valence-corrected chi connectivity index (χ0v) is 21.1. The Morgan fingerprint density at radius 1 is 1.03 bits per heavy atom. The van der Waals surface area contributed by atoms with E-state index in [0.29, 0.717) is 27.3 Å². The summed E-state index contributed by atoms with van der Waals surface area (Å²) in [6.07, 6.45) is 7.28. The monoisotopic (exact) mass is 529 g/mol. The lowest BCUT2D eigenvalue weighted by Crippen LogP contribution is -2.46. The zero-order valence-electron chi connectivity index (χ0n) is 18.9. The highest BCUT2D eigenvalue weighted by molar-refractivity contribution is 6.31. The van der Waals surface area contributed by atoms with Crippen molar-refractivity contribution in [2.45, 2.75) is 18.3 Å². The van der Waals surface area contributed by atoms with Crippen LogP contribution in [-0.2, 0) is 5.41 Å². The Balaban J connectivity index is 1.31. The molecule has 8 heteroatoms. The SMILES string of the molecule is O=C(c1ccnc(Cl)c1)N1CC2(CCN(CC=Cc3cc(F)cc(Cl)c3)CC2)c2cc(Cl)ccc21. The van der Waals surface area contributed by atoms with Crippen LogP contribution in [0.3, 0.4) is 0 Å². The molecule has 0 N–H and O–H groups in total. The quantitative estimate of drug-likeness (QED) is 0.345. The first-order valence-electron chi connectivity index (χ1n) is 11.4. The molecule has 1 aromatic heterocycles. The summed E-state index contributed by atoms with van der Waals surface area (Å²) in [5.74, 6) is -0.433. The van der Waals surface area contributed by atoms with Gasteiger partial charge in [0.15, 0.2) is 0 Å². The predicted octanol–water partition coefficient (Wildman–Crippen LogP) is 6.89. The number of aromatic nitrogens is 1. The van der Waals surface area contributed by atoms with E-state index in [1.807, 2.05) is 35.3 Å². The molecule has 2 aliphatic heterocycles. The van der Waals surface area contributed by atoms with Gasteiger partial charge in [0.05, 0.1) is 0 Å². The van der Waals surface area contributed by atoms with Crippen molar-refractivity contribution in [3.05, 3.63) is 98.5 Å². The number of carbonyl (C=O) groups excluding carboxylic acids is 1. The highest BCUT2D eigenvalue weighted by atomic mass is 35.5. The Hall–Kier alpha value is -2.44. The molecule has 0 atom stereocenters. The molecule has 1 saturated heterocycles. The molecular weight excluding hydrogens is 508 g/mol. The molecule has 0 aliphatic carbocycles. The average molecular weight is 531 g/mol. The van der Waals surface area contributed by atoms with Gasteiger partial charge in [-0.3, -0.25) is 9.69 Å². The van der Waals surface area contributed by atoms with E-state index in [9.17, 15) is 9.18 Å². The first-order valence-corrected chi connectivity index (χ1v) is 12.5. The van der Waals surface area contributed by atoms with Gasteiger partial charge in [0.2, 0.25) is 0 Å². The number of anilines is 1. The highest BCUT2D eigenvalue weighted by Gasteiger charge is 2.46. The molecule has 35 heavy (non-hydrogen) atoms. The molecule has 1 fully saturated rings. The largest absolute Gasteiger partial charge is 0.307 e. The fourth-order valence-electron chi connectivity index (χ4n) is 5.11. The van der Waals surface area contributed by atoms with E-state index >= 15 is 0 Å². The second kappa shape index (κ2) is 9.90. The first-order chi connectivity index (χ1) is 16.8. The van der Waals surface area contributed by atoms with Gasteiger partial charge in [0.1, 0.15) is 11.0 Å². The van der Waals surface area contributed by atoms with Crippen LogP contribution in [0.15, 0.2) is 60.8 Å². The van der Waals surface area contributed by atoms with Crippen LogP contribution in [0.5, 0.6) is 0 Å². The van der Waals surface area contributed by atoms with E-state index in [2.05, 4.69) is 9.88 Å². The minimum atomic E-state index is -0.344. The number of rotatable bonds is 4. The van der Waals surface area contributed by atoms with Gasteiger partial charge < -0.3 is 4.90 Å². The molecule has 3 heterocycles. The van der Waals surface area contributed by atoms with E-state index in [4.69, 9.17) is 34.8 Å². The summed E-state index contributed by atoms with van der Waals surface area (Å²) in [5, 5.41) is 1.35. The second-order valence-electron chi connectivity index (χ2n) is 9.11. The van der Waals surface area contributed by atoms with E-state index in [0.717, 1.165) is 49.3 Å². The van der Waals surface area contributed by atoms with E-state index < -0.39 is 0 Å². The number of halogens is 4. The van der Waals surface area contributed by atoms with Crippen LogP contribution >= 0.6 is 34.8 Å². The van der Waals surface area contributed by atoms with Crippen LogP contribution in [0.4, 0.5) is 10.1 Å². The normalized spacial score (nSPS) is 17.3. The Morgan fingerprint density at radius 2 is 1.83 bits per heavy atom. The predicted molar refractivity (Wildman–Crippen MR) is 140 cm³/mol. The molecule has 5 rings (SSSR count). The van der Waals surface area contributed by atoms with Crippen molar-refractivity contribution in [1.82, 2.24) is 9.88 Å². The summed E-state index contributed by atoms with van der Waals surface area (Å²) >= 11 is 18.4. The van der Waals surface area contributed by atoms with Crippen molar-refractivity contribution in [1.29, 1.82) is 0 Å². The van der Waals surface area contributed by atoms with Gasteiger partial charge in [0.25, 0.3) is 5.91 Å². The minimum absolute atomic E-state index is 0.0890. The Kier molecular flexibility index (Phi) is 6.86. The second-order valence-corrected chi connectivity index (χ2v) is 10.4. The third-order valence-electron chi connectivity index (χ3n) is 6.87. The molecule has 1 amide bonds. The Labute approximate surface area is 218 Å². The maximum Gasteiger partial charge on any atom is 0.258 e. The first kappa shape index (κ1) is 24.3. The third kappa shape index (κ3) is 5.10. The maximum atomic E-state index is 13.6. The van der Waals surface area contributed by atoms with Gasteiger partial charge in [-0.15, -0.1) is 0 Å². The topological polar surface area (TPSA) is 36.4 Å². The molecule has 180 valence electrons. The smallest absolute Gasteiger partial charge is 0.258 e. The Morgan fingerprint density at radius 3 is 2.57 bits per heavy atom. The Bertz CT molecular complexity index is 1280. The van der Waals surface area contributed by atoms with E-state index in [1.54, 1.807) is 24.4 Å². The summed E-state index contributed by atoms with van der Waals surface area (Å²) in [6, 6.07) is 13.6. The summed E-state index contributed by atoms with van der Waals surface area (Å²) in [7, 11) is 0. The fourth-order valence-corrected chi connectivity index (χ4v) is 5.69. The molecule has 2 aromatic carbocycles. The number of hydrogen-bond acceptors (Lipinski definition) is 3. The zero-order chi connectivity index (χ0) is 24.6. The van der Waals surface area contributed by atoms with Crippen LogP contribution in [0.25, 0.3) is 6.08 Å². The van der Waals surface area contributed by atoms with Gasteiger partial charge in [-0.1, -0.05) is 47.0 Å². The number of nitrogens with zero attached hydrogens (tertiary/aromatic N) is 3. The van der Waals surface area contributed by atoms with Crippen LogP contribution in [0, 0.1) is 5.82 Å². The number of amides is 1. The van der Waals surface area contributed by atoms with Crippen LogP contribution in [-0.4, -0.2) is 42.0 Å². The van der Waals surface area contributed by atoms with Crippen LogP contribution < -0.4 is 4.90 Å². The van der Waals surface area contributed by atoms with Gasteiger partial charge >= 0.3 is 0 Å². The standard InChI is InChI=1S/C27H23Cl3FN3O/c28-20-3-4-24-23(16-20)27(17-34(24)26(35)19-5-8-32-25(30)14-19)6-10-33(11-7-27)9-1-2-18-12-21(29)15-22(31)13-18/h1-5,8,12-16H,6-7,9-11,17H2. The molecule has 4 nitrogen and oxygen atoms in total. The van der Waals surface area contributed by atoms with Gasteiger partial charge in [-0.2, -0.15) is 0 Å². The molecule has 3 aromatic rings. The molecule has 1 spiro atoms. The molecule has 0 bridgehead atoms. The number of hydrogen-bond donors (Lipinski definition) is 0. The molecule has 2 aliphatic rings. The van der Waals surface area contributed by atoms with Crippen molar-refractivity contribution >= 4 is 52.5 Å². The number of pyridine rings is 1. The van der Waals surface area contributed by atoms with Gasteiger partial charge in [-0.05, 0) is 85.6 Å². The minimum Gasteiger partial charge on any atom is -0.307 e. The number of carbonyl (C=O) groups is 1. The highest BCUT2D eigenvalue weighted by Crippen LogP contribution is 2.48. The molecular formula is C27H23Cl3FN3O. The molecule has 0 radical (unpaired) electrons. The van der Waals surface area contributed by atoms with E-state index in [-0.39, 0.29) is 17.1 Å². The number of likely N-dealkylation sites (tertiary alicyclic amines) is 1. The molecule has 0 unspecified atom stereocenters. The molecule has 0 saturated carbocycles. The third-order valence-corrected chi connectivity index (χ3v) is 7.53. The maximum absolute atomic E-state index is 13.6. The average Bonchev–Trinajstić information content (AvgIpc) is 3.12. The summed E-state index contributed by atoms with van der Waals surface area (Å²) in [5.41, 5.74) is 3.14. The number of piperidine rings is 1. The van der Waals surface area contributed by atoms with E-state index in [1.165, 1.54) is 12.1 Å². The summed E-state index contributed by atoms with van der Waals surface area (Å²) in [6.45, 7) is 3.12. The summed E-state index contributed by atoms with van der Waals surface area (Å²) < 4.78 is 13.6.